The van der Waals surface area contributed by atoms with Gasteiger partial charge in [-0.15, -0.1) is 0 Å². The minimum absolute atomic E-state index is 0.00236. The summed E-state index contributed by atoms with van der Waals surface area (Å²) in [6.45, 7) is 0. The summed E-state index contributed by atoms with van der Waals surface area (Å²) in [5.41, 5.74) is 1.07. The van der Waals surface area contributed by atoms with Gasteiger partial charge in [0.2, 0.25) is 0 Å². The molecule has 3 rings (SSSR count). The molecule has 0 saturated heterocycles. The fourth-order valence-corrected chi connectivity index (χ4v) is 2.41. The third-order valence-corrected chi connectivity index (χ3v) is 3.48. The topological polar surface area (TPSA) is 76.0 Å². The molecular weight excluding hydrogens is 272 g/mol. The summed E-state index contributed by atoms with van der Waals surface area (Å²) in [7, 11) is 1.47. The first-order valence-electron chi connectivity index (χ1n) is 6.48. The zero-order valence-electron chi connectivity index (χ0n) is 11.4. The highest BCUT2D eigenvalue weighted by Gasteiger charge is 2.28. The molecular formula is C16H14O5. The number of Topliss-reactive ketones (excluding diaryl/α,β-unsaturated/α-hetero) is 1. The van der Waals surface area contributed by atoms with Crippen LogP contribution in [0.1, 0.15) is 28.4 Å². The number of fused-ring (bicyclic) bond motifs is 1. The van der Waals surface area contributed by atoms with Crippen LogP contribution in [0.25, 0.3) is 0 Å². The minimum Gasteiger partial charge on any atom is -0.508 e. The van der Waals surface area contributed by atoms with E-state index in [4.69, 9.17) is 9.47 Å². The minimum atomic E-state index is -0.466. The molecule has 1 atom stereocenters. The Morgan fingerprint density at radius 1 is 1.19 bits per heavy atom. The van der Waals surface area contributed by atoms with Gasteiger partial charge < -0.3 is 19.7 Å². The van der Waals surface area contributed by atoms with Crippen LogP contribution in [0.4, 0.5) is 0 Å². The lowest BCUT2D eigenvalue weighted by Gasteiger charge is -2.25. The summed E-state index contributed by atoms with van der Waals surface area (Å²) in [6.07, 6.45) is -0.311. The van der Waals surface area contributed by atoms with Gasteiger partial charge in [0, 0.05) is 0 Å². The third kappa shape index (κ3) is 2.38. The van der Waals surface area contributed by atoms with Gasteiger partial charge in [0.15, 0.2) is 17.3 Å². The Hall–Kier alpha value is -2.69. The van der Waals surface area contributed by atoms with Crippen molar-refractivity contribution in [2.45, 2.75) is 12.5 Å². The number of rotatable bonds is 2. The van der Waals surface area contributed by atoms with Crippen molar-refractivity contribution >= 4 is 5.78 Å². The molecule has 1 heterocycles. The summed E-state index contributed by atoms with van der Waals surface area (Å²) >= 11 is 0. The first-order chi connectivity index (χ1) is 10.1. The van der Waals surface area contributed by atoms with E-state index >= 15 is 0 Å². The van der Waals surface area contributed by atoms with Crippen molar-refractivity contribution < 1.29 is 24.5 Å². The van der Waals surface area contributed by atoms with Gasteiger partial charge in [-0.25, -0.2) is 0 Å². The average molecular weight is 286 g/mol. The molecule has 0 spiro atoms. The van der Waals surface area contributed by atoms with Gasteiger partial charge in [-0.3, -0.25) is 4.79 Å². The van der Waals surface area contributed by atoms with Gasteiger partial charge in [-0.1, -0.05) is 6.07 Å². The van der Waals surface area contributed by atoms with Crippen molar-refractivity contribution in [1.29, 1.82) is 0 Å². The van der Waals surface area contributed by atoms with E-state index in [2.05, 4.69) is 0 Å². The Labute approximate surface area is 121 Å². The largest absolute Gasteiger partial charge is 0.508 e. The van der Waals surface area contributed by atoms with Crippen LogP contribution in [-0.4, -0.2) is 23.1 Å². The van der Waals surface area contributed by atoms with E-state index < -0.39 is 6.10 Å². The molecule has 0 aromatic heterocycles. The number of carbonyl (C=O) groups excluding carboxylic acids is 1. The maximum atomic E-state index is 12.2. The maximum Gasteiger partial charge on any atom is 0.170 e. The van der Waals surface area contributed by atoms with Crippen LogP contribution in [0, 0.1) is 0 Å². The van der Waals surface area contributed by atoms with Crippen molar-refractivity contribution in [3.8, 4) is 23.0 Å². The lowest BCUT2D eigenvalue weighted by Crippen LogP contribution is -2.20. The van der Waals surface area contributed by atoms with Crippen LogP contribution in [0.3, 0.4) is 0 Å². The number of phenols is 2. The molecule has 2 N–H and O–H groups in total. The molecule has 5 nitrogen and oxygen atoms in total. The highest BCUT2D eigenvalue weighted by molar-refractivity contribution is 6.00. The van der Waals surface area contributed by atoms with E-state index in [-0.39, 0.29) is 23.7 Å². The van der Waals surface area contributed by atoms with Crippen molar-refractivity contribution in [1.82, 2.24) is 0 Å². The second-order valence-corrected chi connectivity index (χ2v) is 4.85. The molecule has 0 bridgehead atoms. The fourth-order valence-electron chi connectivity index (χ4n) is 2.41. The zero-order valence-corrected chi connectivity index (χ0v) is 11.4. The third-order valence-electron chi connectivity index (χ3n) is 3.48. The first kappa shape index (κ1) is 13.3. The van der Waals surface area contributed by atoms with Gasteiger partial charge in [-0.2, -0.15) is 0 Å². The van der Waals surface area contributed by atoms with Crippen LogP contribution in [0.15, 0.2) is 36.4 Å². The molecule has 1 aliphatic rings. The molecule has 21 heavy (non-hydrogen) atoms. The number of methoxy groups -OCH3 is 1. The molecule has 1 aliphatic heterocycles. The van der Waals surface area contributed by atoms with E-state index in [0.29, 0.717) is 22.6 Å². The monoisotopic (exact) mass is 286 g/mol. The highest BCUT2D eigenvalue weighted by atomic mass is 16.5. The Morgan fingerprint density at radius 3 is 2.71 bits per heavy atom. The molecule has 1 unspecified atom stereocenters. The van der Waals surface area contributed by atoms with Gasteiger partial charge >= 0.3 is 0 Å². The van der Waals surface area contributed by atoms with Gasteiger partial charge in [0.05, 0.1) is 19.1 Å². The molecule has 2 aromatic carbocycles. The van der Waals surface area contributed by atoms with E-state index in [0.717, 1.165) is 0 Å². The SMILES string of the molecule is COc1ccc(C2CC(=O)c3cc(O)ccc3O2)cc1O. The quantitative estimate of drug-likeness (QED) is 0.887. The van der Waals surface area contributed by atoms with Crippen molar-refractivity contribution in [2.75, 3.05) is 7.11 Å². The maximum absolute atomic E-state index is 12.2. The van der Waals surface area contributed by atoms with Crippen molar-refractivity contribution in [3.63, 3.8) is 0 Å². The fraction of sp³-hybridized carbons (Fsp3) is 0.188. The van der Waals surface area contributed by atoms with Crippen LogP contribution >= 0.6 is 0 Å². The summed E-state index contributed by atoms with van der Waals surface area (Å²) in [6, 6.07) is 9.35. The van der Waals surface area contributed by atoms with Gasteiger partial charge in [0.25, 0.3) is 0 Å². The lowest BCUT2D eigenvalue weighted by molar-refractivity contribution is 0.0849. The van der Waals surface area contributed by atoms with Crippen LogP contribution in [0.5, 0.6) is 23.0 Å². The normalized spacial score (nSPS) is 17.0. The predicted octanol–water partition coefficient (Wildman–Crippen LogP) is 2.81. The molecule has 0 fully saturated rings. The van der Waals surface area contributed by atoms with Crippen LogP contribution in [0.2, 0.25) is 0 Å². The summed E-state index contributed by atoms with van der Waals surface area (Å²) < 4.78 is 10.8. The van der Waals surface area contributed by atoms with Crippen LogP contribution in [-0.2, 0) is 0 Å². The average Bonchev–Trinajstić information content (AvgIpc) is 2.47. The Bertz CT molecular complexity index is 708. The molecule has 0 amide bonds. The second-order valence-electron chi connectivity index (χ2n) is 4.85. The Morgan fingerprint density at radius 2 is 2.00 bits per heavy atom. The predicted molar refractivity (Wildman–Crippen MR) is 75.1 cm³/mol. The van der Waals surface area contributed by atoms with Crippen molar-refractivity contribution in [2.24, 2.45) is 0 Å². The first-order valence-corrected chi connectivity index (χ1v) is 6.48. The van der Waals surface area contributed by atoms with E-state index in [9.17, 15) is 15.0 Å². The number of aromatic hydroxyl groups is 2. The zero-order chi connectivity index (χ0) is 15.0. The van der Waals surface area contributed by atoms with Gasteiger partial charge in [-0.05, 0) is 35.9 Å². The van der Waals surface area contributed by atoms with Crippen LogP contribution < -0.4 is 9.47 Å². The number of ether oxygens (including phenoxy) is 2. The summed E-state index contributed by atoms with van der Waals surface area (Å²) in [5, 5.41) is 19.2. The van der Waals surface area contributed by atoms with E-state index in [1.165, 1.54) is 25.3 Å². The molecule has 108 valence electrons. The summed E-state index contributed by atoms with van der Waals surface area (Å²) in [5.74, 6) is 0.733. The Kier molecular flexibility index (Phi) is 3.17. The molecule has 0 saturated carbocycles. The molecule has 2 aromatic rings. The number of ketones is 1. The second kappa shape index (κ2) is 5.01. The number of hydrogen-bond acceptors (Lipinski definition) is 5. The standard InChI is InChI=1S/C16H14O5/c1-20-15-4-2-9(6-13(15)19)16-8-12(18)11-7-10(17)3-5-14(11)21-16/h2-7,16-17,19H,8H2,1H3. The number of hydrogen-bond donors (Lipinski definition) is 2. The number of carbonyl (C=O) groups is 1. The Balaban J connectivity index is 1.94. The number of benzene rings is 2. The molecule has 0 radical (unpaired) electrons. The van der Waals surface area contributed by atoms with Crippen molar-refractivity contribution in [3.05, 3.63) is 47.5 Å². The number of phenolic OH excluding ortho intramolecular Hbond substituents is 2. The molecule has 5 heteroatoms. The molecule has 0 aliphatic carbocycles. The van der Waals surface area contributed by atoms with E-state index in [1.807, 2.05) is 0 Å². The smallest absolute Gasteiger partial charge is 0.170 e. The summed E-state index contributed by atoms with van der Waals surface area (Å²) in [4.78, 5) is 12.2. The van der Waals surface area contributed by atoms with Gasteiger partial charge in [0.1, 0.15) is 17.6 Å². The lowest BCUT2D eigenvalue weighted by atomic mass is 9.96. The van der Waals surface area contributed by atoms with E-state index in [1.54, 1.807) is 18.2 Å². The highest BCUT2D eigenvalue weighted by Crippen LogP contribution is 2.38.